The number of nitrogens with zero attached hydrogens (tertiary/aromatic N) is 2. The molecule has 0 aromatic heterocycles. The van der Waals surface area contributed by atoms with E-state index in [9.17, 15) is 14.4 Å². The summed E-state index contributed by atoms with van der Waals surface area (Å²) in [6.07, 6.45) is 0.289. The average molecular weight is 456 g/mol. The second-order valence-corrected chi connectivity index (χ2v) is 8.01. The molecule has 1 unspecified atom stereocenters. The monoisotopic (exact) mass is 455 g/mol. The minimum atomic E-state index is -2.53. The van der Waals surface area contributed by atoms with Gasteiger partial charge in [0.05, 0.1) is 25.2 Å². The molecule has 33 heavy (non-hydrogen) atoms. The summed E-state index contributed by atoms with van der Waals surface area (Å²) in [5.74, 6) is -1.33. The highest BCUT2D eigenvalue weighted by Gasteiger charge is 2.40. The summed E-state index contributed by atoms with van der Waals surface area (Å²) in [7, 11) is 0. The number of imide groups is 1. The van der Waals surface area contributed by atoms with Crippen molar-refractivity contribution in [1.82, 2.24) is 15.1 Å². The fourth-order valence-corrected chi connectivity index (χ4v) is 4.11. The van der Waals surface area contributed by atoms with E-state index < -0.39 is 36.8 Å². The van der Waals surface area contributed by atoms with Crippen molar-refractivity contribution in [1.29, 1.82) is 0 Å². The van der Waals surface area contributed by atoms with Crippen molar-refractivity contribution in [2.75, 3.05) is 26.3 Å². The number of benzene rings is 2. The molecule has 172 valence electrons. The van der Waals surface area contributed by atoms with Gasteiger partial charge in [-0.3, -0.25) is 24.6 Å². The van der Waals surface area contributed by atoms with Gasteiger partial charge in [-0.1, -0.05) is 30.3 Å². The normalized spacial score (nSPS) is 24.7. The molecule has 5 rings (SSSR count). The van der Waals surface area contributed by atoms with E-state index >= 15 is 0 Å². The van der Waals surface area contributed by atoms with Gasteiger partial charge in [0.2, 0.25) is 11.8 Å². The number of nitrogens with one attached hydrogen (secondary N) is 1. The molecule has 1 atom stereocenters. The van der Waals surface area contributed by atoms with Gasteiger partial charge in [0, 0.05) is 39.9 Å². The van der Waals surface area contributed by atoms with Crippen LogP contribution in [0.15, 0.2) is 42.4 Å². The van der Waals surface area contributed by atoms with Crippen LogP contribution in [0.1, 0.15) is 48.1 Å². The molecule has 0 saturated carbocycles. The Morgan fingerprint density at radius 3 is 2.67 bits per heavy atom. The van der Waals surface area contributed by atoms with Gasteiger partial charge < -0.3 is 14.4 Å². The first-order valence-corrected chi connectivity index (χ1v) is 10.8. The molecule has 8 heteroatoms. The lowest BCUT2D eigenvalue weighted by molar-refractivity contribution is -0.136. The predicted molar refractivity (Wildman–Crippen MR) is 119 cm³/mol. The number of carbonyl (C=O) groups excluding carboxylic acids is 3. The number of morpholine rings is 1. The summed E-state index contributed by atoms with van der Waals surface area (Å²) in [6, 6.07) is 5.37. The van der Waals surface area contributed by atoms with Gasteiger partial charge >= 0.3 is 0 Å². The number of hydrogen-bond donors (Lipinski definition) is 1. The van der Waals surface area contributed by atoms with Crippen molar-refractivity contribution in [3.8, 4) is 5.75 Å². The molecule has 0 spiro atoms. The van der Waals surface area contributed by atoms with Crippen LogP contribution in [0.2, 0.25) is 0 Å². The van der Waals surface area contributed by atoms with E-state index in [1.807, 2.05) is 0 Å². The molecule has 2 aromatic rings. The highest BCUT2D eigenvalue weighted by molar-refractivity contribution is 6.05. The number of fused-ring (bicyclic) bond motifs is 1. The molecular weight excluding hydrogens is 422 g/mol. The Balaban J connectivity index is 1.41. The standard InChI is InChI=1S/C25H27N3O5/c29-23-9-8-21(24(30)26-23)28-15-20-19(25(28)31)2-1-3-22(20)33-16-18-6-4-17(5-7-18)14-27-10-12-32-13-11-27/h1-7,21H,8-16H2,(H,26,29,30)/i4D,5D,14D2,16D2. The number of piperidine rings is 1. The van der Waals surface area contributed by atoms with Crippen LogP contribution in [-0.4, -0.2) is 59.9 Å². The van der Waals surface area contributed by atoms with E-state index in [-0.39, 0.29) is 53.9 Å². The van der Waals surface area contributed by atoms with E-state index in [2.05, 4.69) is 5.32 Å². The predicted octanol–water partition coefficient (Wildman–Crippen LogP) is 1.86. The smallest absolute Gasteiger partial charge is 0.255 e. The van der Waals surface area contributed by atoms with Gasteiger partial charge in [-0.25, -0.2) is 0 Å². The molecule has 3 aliphatic rings. The van der Waals surface area contributed by atoms with Crippen LogP contribution in [0, 0.1) is 0 Å². The maximum atomic E-state index is 13.1. The summed E-state index contributed by atoms with van der Waals surface area (Å²) in [6.45, 7) is -3.41. The van der Waals surface area contributed by atoms with Crippen LogP contribution in [0.5, 0.6) is 5.75 Å². The first-order valence-electron chi connectivity index (χ1n) is 13.8. The quantitative estimate of drug-likeness (QED) is 0.669. The lowest BCUT2D eigenvalue weighted by Gasteiger charge is -2.29. The Hall–Kier alpha value is -3.23. The first kappa shape index (κ1) is 15.6. The van der Waals surface area contributed by atoms with Gasteiger partial charge in [0.25, 0.3) is 5.91 Å². The number of ether oxygens (including phenoxy) is 2. The second-order valence-electron chi connectivity index (χ2n) is 8.01. The number of amides is 3. The zero-order valence-electron chi connectivity index (χ0n) is 23.8. The molecule has 0 bridgehead atoms. The molecular formula is C25H27N3O5. The molecule has 8 nitrogen and oxygen atoms in total. The van der Waals surface area contributed by atoms with E-state index in [1.54, 1.807) is 6.07 Å². The molecule has 2 aromatic carbocycles. The largest absolute Gasteiger partial charge is 0.489 e. The van der Waals surface area contributed by atoms with E-state index in [0.717, 1.165) is 12.1 Å². The van der Waals surface area contributed by atoms with Crippen molar-refractivity contribution >= 4 is 17.7 Å². The Bertz CT molecular complexity index is 1320. The lowest BCUT2D eigenvalue weighted by Crippen LogP contribution is -2.52. The Labute approximate surface area is 200 Å². The number of hydrogen-bond acceptors (Lipinski definition) is 6. The molecule has 1 N–H and O–H groups in total. The van der Waals surface area contributed by atoms with Gasteiger partial charge in [0.1, 0.15) is 18.4 Å². The third-order valence-electron chi connectivity index (χ3n) is 5.84. The van der Waals surface area contributed by atoms with Crippen molar-refractivity contribution in [3.63, 3.8) is 0 Å². The minimum absolute atomic E-state index is 0.0151. The zero-order chi connectivity index (χ0) is 28.1. The fraction of sp³-hybridized carbons (Fsp3) is 0.400. The molecule has 0 radical (unpaired) electrons. The molecule has 2 saturated heterocycles. The topological polar surface area (TPSA) is 88.2 Å². The molecule has 3 aliphatic heterocycles. The van der Waals surface area contributed by atoms with Crippen molar-refractivity contribution in [2.24, 2.45) is 0 Å². The molecule has 3 amide bonds. The number of carbonyl (C=O) groups is 3. The summed E-state index contributed by atoms with van der Waals surface area (Å²) >= 11 is 0. The highest BCUT2D eigenvalue weighted by atomic mass is 16.5. The maximum absolute atomic E-state index is 13.1. The maximum Gasteiger partial charge on any atom is 0.255 e. The van der Waals surface area contributed by atoms with Gasteiger partial charge in [0.15, 0.2) is 0 Å². The Morgan fingerprint density at radius 1 is 1.12 bits per heavy atom. The van der Waals surface area contributed by atoms with E-state index in [1.165, 1.54) is 21.9 Å². The van der Waals surface area contributed by atoms with Crippen molar-refractivity contribution in [2.45, 2.75) is 38.5 Å². The molecule has 0 aliphatic carbocycles. The third-order valence-corrected chi connectivity index (χ3v) is 5.84. The number of rotatable bonds is 6. The van der Waals surface area contributed by atoms with Crippen LogP contribution >= 0.6 is 0 Å². The summed E-state index contributed by atoms with van der Waals surface area (Å²) in [5, 5.41) is 2.24. The third kappa shape index (κ3) is 4.62. The van der Waals surface area contributed by atoms with Crippen LogP contribution in [-0.2, 0) is 33.9 Å². The average Bonchev–Trinajstić information content (AvgIpc) is 3.21. The second kappa shape index (κ2) is 9.33. The van der Waals surface area contributed by atoms with Crippen LogP contribution in [0.4, 0.5) is 0 Å². The lowest BCUT2D eigenvalue weighted by atomic mass is 10.0. The molecule has 2 fully saturated rings. The summed E-state index contributed by atoms with van der Waals surface area (Å²) in [5.41, 5.74) is 0.316. The van der Waals surface area contributed by atoms with Crippen LogP contribution < -0.4 is 10.1 Å². The van der Waals surface area contributed by atoms with Gasteiger partial charge in [-0.05, 0) is 29.7 Å². The van der Waals surface area contributed by atoms with E-state index in [0.29, 0.717) is 31.9 Å². The highest BCUT2D eigenvalue weighted by Crippen LogP contribution is 2.34. The Kier molecular flexibility index (Phi) is 4.40. The van der Waals surface area contributed by atoms with Crippen molar-refractivity contribution < 1.29 is 32.1 Å². The van der Waals surface area contributed by atoms with Crippen LogP contribution in [0.25, 0.3) is 0 Å². The van der Waals surface area contributed by atoms with Gasteiger partial charge in [-0.2, -0.15) is 0 Å². The fourth-order valence-electron chi connectivity index (χ4n) is 4.11. The summed E-state index contributed by atoms with van der Waals surface area (Å²) < 4.78 is 62.2. The minimum Gasteiger partial charge on any atom is -0.489 e. The van der Waals surface area contributed by atoms with E-state index in [4.69, 9.17) is 17.7 Å². The first-order chi connectivity index (χ1) is 18.4. The SMILES string of the molecule is [2H]c1cc(C([2H])([2H])Oc2cccc3c2CN(C2CCC(=O)NC2=O)C3=O)cc([2H])c1C([2H])([2H])N1CCOCC1. The zero-order valence-corrected chi connectivity index (χ0v) is 17.8. The van der Waals surface area contributed by atoms with Crippen LogP contribution in [0.3, 0.4) is 0 Å². The molecule has 3 heterocycles. The van der Waals surface area contributed by atoms with Gasteiger partial charge in [-0.15, -0.1) is 0 Å². The van der Waals surface area contributed by atoms with Crippen molar-refractivity contribution in [3.05, 3.63) is 64.7 Å². The Morgan fingerprint density at radius 2 is 1.91 bits per heavy atom. The summed E-state index contributed by atoms with van der Waals surface area (Å²) in [4.78, 5) is 39.8.